The number of benzene rings is 2. The average Bonchev–Trinajstić information content (AvgIpc) is 3.49. The molecule has 0 saturated carbocycles. The van der Waals surface area contributed by atoms with Crippen molar-refractivity contribution >= 4 is 29.4 Å². The van der Waals surface area contributed by atoms with Crippen LogP contribution >= 0.6 is 0 Å². The van der Waals surface area contributed by atoms with Crippen LogP contribution in [0.5, 0.6) is 0 Å². The number of rotatable bonds is 0. The Morgan fingerprint density at radius 2 is 0.806 bits per heavy atom. The van der Waals surface area contributed by atoms with Crippen LogP contribution in [0.1, 0.15) is 22.3 Å². The van der Waals surface area contributed by atoms with E-state index in [2.05, 4.69) is 21.0 Å². The van der Waals surface area contributed by atoms with Gasteiger partial charge >= 0.3 is 30.3 Å². The second-order valence-corrected chi connectivity index (χ2v) is 6.76. The van der Waals surface area contributed by atoms with Crippen molar-refractivity contribution in [3.63, 3.8) is 0 Å². The van der Waals surface area contributed by atoms with Gasteiger partial charge in [-0.15, -0.1) is 0 Å². The van der Waals surface area contributed by atoms with Crippen LogP contribution in [0, 0.1) is 0 Å². The quantitative estimate of drug-likeness (QED) is 0.389. The van der Waals surface area contributed by atoms with E-state index >= 15 is 0 Å². The molecule has 2 aliphatic rings. The second kappa shape index (κ2) is 8.36. The van der Waals surface area contributed by atoms with Crippen molar-refractivity contribution in [3.8, 4) is 0 Å². The SMILES string of the molecule is F[B]F.O=c1oc(=O)c2cc3c(=O)oc(=O)c3cc12.c1c2c(cc3c1COC3)COC2. The van der Waals surface area contributed by atoms with Crippen molar-refractivity contribution in [1.82, 2.24) is 0 Å². The first-order chi connectivity index (χ1) is 14.9. The summed E-state index contributed by atoms with van der Waals surface area (Å²) in [5, 5.41) is -0.0726. The highest BCUT2D eigenvalue weighted by molar-refractivity contribution is 6.15. The molecule has 4 aromatic rings. The van der Waals surface area contributed by atoms with E-state index < -0.39 is 30.3 Å². The molecular weight excluding hydrogens is 417 g/mol. The molecule has 0 aliphatic carbocycles. The zero-order valence-electron chi connectivity index (χ0n) is 15.7. The number of hydrogen-bond donors (Lipinski definition) is 0. The number of halogens is 2. The highest BCUT2D eigenvalue weighted by atomic mass is 19.2. The lowest BCUT2D eigenvalue weighted by molar-refractivity contribution is 0.130. The van der Waals surface area contributed by atoms with Gasteiger partial charge in [0, 0.05) is 0 Å². The van der Waals surface area contributed by atoms with E-state index in [1.54, 1.807) is 0 Å². The Morgan fingerprint density at radius 1 is 0.548 bits per heavy atom. The molecular formula is C20H12BF2O8. The number of ether oxygens (including phenoxy) is 2. The van der Waals surface area contributed by atoms with Crippen LogP contribution in [0.3, 0.4) is 0 Å². The lowest BCUT2D eigenvalue weighted by Crippen LogP contribution is -1.96. The molecule has 0 atom stereocenters. The van der Waals surface area contributed by atoms with Crippen LogP contribution in [0.15, 0.2) is 52.3 Å². The van der Waals surface area contributed by atoms with Gasteiger partial charge in [-0.05, 0) is 34.4 Å². The minimum Gasteiger partial charge on any atom is -0.386 e. The molecule has 0 fully saturated rings. The molecule has 0 saturated heterocycles. The summed E-state index contributed by atoms with van der Waals surface area (Å²) in [7, 11) is -1.00. The summed E-state index contributed by atoms with van der Waals surface area (Å²) in [6, 6.07) is 6.74. The monoisotopic (exact) mass is 429 g/mol. The van der Waals surface area contributed by atoms with Crippen LogP contribution < -0.4 is 22.5 Å². The van der Waals surface area contributed by atoms with E-state index in [0.29, 0.717) is 0 Å². The van der Waals surface area contributed by atoms with Crippen LogP contribution in [0.25, 0.3) is 21.5 Å². The van der Waals surface area contributed by atoms with Crippen molar-refractivity contribution in [2.45, 2.75) is 26.4 Å². The molecule has 8 nitrogen and oxygen atoms in total. The van der Waals surface area contributed by atoms with Crippen LogP contribution in [0.4, 0.5) is 8.63 Å². The van der Waals surface area contributed by atoms with Gasteiger partial charge in [-0.3, -0.25) is 8.63 Å². The maximum Gasteiger partial charge on any atom is 0.577 e. The van der Waals surface area contributed by atoms with Crippen molar-refractivity contribution in [2.75, 3.05) is 0 Å². The molecule has 4 heterocycles. The second-order valence-electron chi connectivity index (χ2n) is 6.76. The molecule has 11 heteroatoms. The summed E-state index contributed by atoms with van der Waals surface area (Å²) in [6.07, 6.45) is 0. The first-order valence-electron chi connectivity index (χ1n) is 8.95. The smallest absolute Gasteiger partial charge is 0.386 e. The predicted octanol–water partition coefficient (Wildman–Crippen LogP) is 1.70. The maximum absolute atomic E-state index is 11.2. The molecule has 2 aliphatic heterocycles. The predicted molar refractivity (Wildman–Crippen MR) is 105 cm³/mol. The van der Waals surface area contributed by atoms with Crippen molar-refractivity contribution in [3.05, 3.63) is 88.2 Å². The summed E-state index contributed by atoms with van der Waals surface area (Å²) >= 11 is 0. The van der Waals surface area contributed by atoms with Gasteiger partial charge < -0.3 is 18.3 Å². The Hall–Kier alpha value is -3.44. The summed E-state index contributed by atoms with van der Waals surface area (Å²) in [4.78, 5) is 44.7. The number of furan rings is 2. The fourth-order valence-electron chi connectivity index (χ4n) is 3.53. The van der Waals surface area contributed by atoms with Gasteiger partial charge in [-0.25, -0.2) is 19.2 Å². The Bertz CT molecular complexity index is 1270. The zero-order valence-corrected chi connectivity index (χ0v) is 15.7. The molecule has 2 aromatic carbocycles. The largest absolute Gasteiger partial charge is 0.577 e. The first kappa shape index (κ1) is 20.8. The van der Waals surface area contributed by atoms with Gasteiger partial charge in [0.2, 0.25) is 0 Å². The topological polar surface area (TPSA) is 113 Å². The fourth-order valence-corrected chi connectivity index (χ4v) is 3.53. The standard InChI is InChI=1S/C10H2O6.C10H10O2.BF2/c11-7-3-1-4-6(10(14)16-8(4)12)2-5(3)9(13)15-7;1-7-3-11-5-9(7)2-10-6-12-4-8(1)10;2-1-3/h1-2H;1-2H,3-6H2;. The molecule has 157 valence electrons. The molecule has 0 spiro atoms. The van der Waals surface area contributed by atoms with Crippen molar-refractivity contribution < 1.29 is 26.9 Å². The molecule has 31 heavy (non-hydrogen) atoms. The molecule has 1 radical (unpaired) electrons. The van der Waals surface area contributed by atoms with Gasteiger partial charge in [0.05, 0.1) is 48.0 Å². The number of hydrogen-bond acceptors (Lipinski definition) is 8. The Labute approximate surface area is 171 Å². The van der Waals surface area contributed by atoms with Gasteiger partial charge in [-0.2, -0.15) is 0 Å². The van der Waals surface area contributed by atoms with Crippen LogP contribution in [-0.2, 0) is 35.9 Å². The lowest BCUT2D eigenvalue weighted by atomic mass is 10.0. The highest BCUT2D eigenvalue weighted by Crippen LogP contribution is 2.28. The van der Waals surface area contributed by atoms with E-state index in [-0.39, 0.29) is 21.5 Å². The fraction of sp³-hybridized carbons (Fsp3) is 0.200. The third kappa shape index (κ3) is 3.85. The normalized spacial score (nSPS) is 13.9. The van der Waals surface area contributed by atoms with E-state index in [1.165, 1.54) is 22.3 Å². The Kier molecular flexibility index (Phi) is 5.62. The Balaban J connectivity index is 0.000000137. The van der Waals surface area contributed by atoms with Crippen LogP contribution in [0.2, 0.25) is 0 Å². The van der Waals surface area contributed by atoms with Gasteiger partial charge in [0.15, 0.2) is 0 Å². The lowest BCUT2D eigenvalue weighted by Gasteiger charge is -2.00. The van der Waals surface area contributed by atoms with Crippen molar-refractivity contribution in [1.29, 1.82) is 0 Å². The summed E-state index contributed by atoms with van der Waals surface area (Å²) in [5.74, 6) is 0. The summed E-state index contributed by atoms with van der Waals surface area (Å²) in [5.41, 5.74) is 2.09. The third-order valence-electron chi connectivity index (χ3n) is 4.96. The van der Waals surface area contributed by atoms with Gasteiger partial charge in [0.1, 0.15) is 0 Å². The minimum absolute atomic E-state index is 0.0181. The van der Waals surface area contributed by atoms with E-state index in [0.717, 1.165) is 38.6 Å². The molecule has 6 rings (SSSR count). The average molecular weight is 429 g/mol. The van der Waals surface area contributed by atoms with E-state index in [9.17, 15) is 27.8 Å². The molecule has 0 amide bonds. The van der Waals surface area contributed by atoms with E-state index in [1.807, 2.05) is 0 Å². The van der Waals surface area contributed by atoms with Crippen molar-refractivity contribution in [2.24, 2.45) is 0 Å². The molecule has 0 N–H and O–H groups in total. The zero-order chi connectivity index (χ0) is 22.1. The molecule has 0 unspecified atom stereocenters. The minimum atomic E-state index is -1.00. The van der Waals surface area contributed by atoms with Gasteiger partial charge in [0.25, 0.3) is 0 Å². The third-order valence-corrected chi connectivity index (χ3v) is 4.96. The van der Waals surface area contributed by atoms with Crippen LogP contribution in [-0.4, -0.2) is 7.83 Å². The molecule has 0 bridgehead atoms. The Morgan fingerprint density at radius 3 is 1.06 bits per heavy atom. The van der Waals surface area contributed by atoms with E-state index in [4.69, 9.17) is 9.47 Å². The highest BCUT2D eigenvalue weighted by Gasteiger charge is 2.18. The summed E-state index contributed by atoms with van der Waals surface area (Å²) < 4.78 is 38.4. The number of fused-ring (bicyclic) bond motifs is 4. The first-order valence-corrected chi connectivity index (χ1v) is 8.95. The maximum atomic E-state index is 11.2. The molecule has 2 aromatic heterocycles. The summed E-state index contributed by atoms with van der Waals surface area (Å²) in [6.45, 7) is 3.12. The van der Waals surface area contributed by atoms with Gasteiger partial charge in [-0.1, -0.05) is 12.1 Å².